The van der Waals surface area contributed by atoms with E-state index in [0.29, 0.717) is 0 Å². The summed E-state index contributed by atoms with van der Waals surface area (Å²) in [4.78, 5) is 22.9. The van der Waals surface area contributed by atoms with Crippen LogP contribution in [0.5, 0.6) is 0 Å². The Balaban J connectivity index is 0. The molecule has 0 bridgehead atoms. The van der Waals surface area contributed by atoms with E-state index in [4.69, 9.17) is 44.2 Å². The molecule has 0 aromatic carbocycles. The van der Waals surface area contributed by atoms with E-state index >= 15 is 0 Å². The van der Waals surface area contributed by atoms with Crippen molar-refractivity contribution in [3.63, 3.8) is 0 Å². The van der Waals surface area contributed by atoms with Crippen molar-refractivity contribution in [1.29, 1.82) is 5.26 Å². The number of hydrogen-bond donors (Lipinski definition) is 0. The number of aromatic nitrogens is 4. The average molecular weight is 1050 g/mol. The average Bonchev–Trinajstić information content (AvgIpc) is 3.11. The SMILES string of the molecule is CC#N.O=S(=O)([O-])C(F)(F)F.O=S(=O)([O-])C(F)(F)F.O=S(=O)([O-])C(F)(F)F.[La+3].c1ccc(CN(CCN(Cc2ccccn2)Cc2ccccn2)Cc2ccccn2)nc1. The van der Waals surface area contributed by atoms with E-state index < -0.39 is 46.9 Å². The van der Waals surface area contributed by atoms with Gasteiger partial charge in [0.25, 0.3) is 0 Å². The van der Waals surface area contributed by atoms with E-state index in [1.807, 2.05) is 73.3 Å². The Labute approximate surface area is 366 Å². The van der Waals surface area contributed by atoms with Gasteiger partial charge in [0.2, 0.25) is 0 Å². The van der Waals surface area contributed by atoms with Crippen LogP contribution < -0.4 is 0 Å². The molecule has 16 nitrogen and oxygen atoms in total. The van der Waals surface area contributed by atoms with Crippen molar-refractivity contribution in [3.8, 4) is 6.07 Å². The summed E-state index contributed by atoms with van der Waals surface area (Å²) in [7, 11) is -18.3. The summed E-state index contributed by atoms with van der Waals surface area (Å²) < 4.78 is 177. The van der Waals surface area contributed by atoms with Crippen molar-refractivity contribution in [1.82, 2.24) is 29.7 Å². The van der Waals surface area contributed by atoms with Gasteiger partial charge in [-0.2, -0.15) is 44.8 Å². The Morgan fingerprint density at radius 1 is 0.500 bits per heavy atom. The van der Waals surface area contributed by atoms with Gasteiger partial charge in [0.1, 0.15) is 0 Å². The number of pyridine rings is 4. The largest absolute Gasteiger partial charge is 3.00 e. The number of halogens is 9. The second kappa shape index (κ2) is 27.3. The van der Waals surface area contributed by atoms with Crippen molar-refractivity contribution in [3.05, 3.63) is 120 Å². The fourth-order valence-corrected chi connectivity index (χ4v) is 3.59. The maximum absolute atomic E-state index is 10.7. The minimum absolute atomic E-state index is 0. The van der Waals surface area contributed by atoms with Crippen LogP contribution in [-0.2, 0) is 56.5 Å². The van der Waals surface area contributed by atoms with Gasteiger partial charge in [-0.05, 0) is 48.5 Å². The maximum Gasteiger partial charge on any atom is 3.00 e. The second-order valence-electron chi connectivity index (χ2n) is 10.6. The number of nitriles is 1. The molecule has 60 heavy (non-hydrogen) atoms. The summed E-state index contributed by atoms with van der Waals surface area (Å²) in [5.41, 5.74) is -12.7. The second-order valence-corrected chi connectivity index (χ2v) is 14.7. The molecule has 0 radical (unpaired) electrons. The molecule has 0 saturated heterocycles. The van der Waals surface area contributed by atoms with E-state index in [1.165, 1.54) is 6.92 Å². The first-order chi connectivity index (χ1) is 27.0. The van der Waals surface area contributed by atoms with Crippen molar-refractivity contribution in [2.75, 3.05) is 13.1 Å². The fourth-order valence-electron chi connectivity index (χ4n) is 3.59. The van der Waals surface area contributed by atoms with Crippen molar-refractivity contribution < 1.29 is 114 Å². The van der Waals surface area contributed by atoms with Crippen molar-refractivity contribution in [2.45, 2.75) is 49.6 Å². The number of hydrogen-bond acceptors (Lipinski definition) is 16. The number of alkyl halides is 9. The summed E-state index contributed by atoms with van der Waals surface area (Å²) in [5.74, 6) is 0. The third kappa shape index (κ3) is 26.5. The third-order valence-corrected chi connectivity index (χ3v) is 7.73. The minimum atomic E-state index is -6.09. The van der Waals surface area contributed by atoms with Crippen LogP contribution >= 0.6 is 0 Å². The summed E-state index contributed by atoms with van der Waals surface area (Å²) in [6.45, 7) is 6.30. The molecule has 29 heteroatoms. The van der Waals surface area contributed by atoms with Crippen LogP contribution in [0.25, 0.3) is 0 Å². The Kier molecular flexibility index (Phi) is 26.6. The monoisotopic (exact) mass is 1050 g/mol. The van der Waals surface area contributed by atoms with Crippen LogP contribution in [0, 0.1) is 46.9 Å². The molecule has 4 heterocycles. The molecule has 0 saturated carbocycles. The van der Waals surface area contributed by atoms with Gasteiger partial charge in [0, 0.05) is 71.0 Å². The van der Waals surface area contributed by atoms with Gasteiger partial charge in [-0.1, -0.05) is 24.3 Å². The van der Waals surface area contributed by atoms with Crippen LogP contribution in [0.2, 0.25) is 0 Å². The molecule has 0 fully saturated rings. The molecule has 0 N–H and O–H groups in total. The molecular weight excluding hydrogens is 1020 g/mol. The molecule has 0 aliphatic carbocycles. The van der Waals surface area contributed by atoms with Gasteiger partial charge in [0.05, 0.1) is 28.8 Å². The molecule has 0 atom stereocenters. The van der Waals surface area contributed by atoms with Gasteiger partial charge in [-0.3, -0.25) is 29.7 Å². The molecular formula is C31H31F9LaN7O9S3. The van der Waals surface area contributed by atoms with Crippen molar-refractivity contribution >= 4 is 30.4 Å². The quantitative estimate of drug-likeness (QED) is 0.113. The number of nitrogens with zero attached hydrogens (tertiary/aromatic N) is 7. The standard InChI is InChI=1S/C26H28N6.C2H3N.3CHF3O3S.La/c1-5-13-27-23(9-1)19-31(20-24-10-2-6-14-28-24)17-18-32(21-25-11-3-7-15-29-25)22-26-12-4-8-16-30-26;1-2-3;3*2-1(3,4)8(5,6)7;/h1-16H,17-22H2;1H3;3*(H,5,6,7);/q;;;;;+3/p-3. The first-order valence-corrected chi connectivity index (χ1v) is 19.7. The fraction of sp³-hybridized carbons (Fsp3) is 0.323. The molecule has 0 unspecified atom stereocenters. The minimum Gasteiger partial charge on any atom is -0.741 e. The third-order valence-electron chi connectivity index (χ3n) is 6.03. The Hall–Kier alpha value is -3.70. The molecule has 0 amide bonds. The van der Waals surface area contributed by atoms with E-state index in [-0.39, 0.29) is 35.6 Å². The summed E-state index contributed by atoms with van der Waals surface area (Å²) in [6, 6.07) is 26.0. The van der Waals surface area contributed by atoms with Crippen LogP contribution in [0.15, 0.2) is 97.6 Å². The van der Waals surface area contributed by atoms with Crippen LogP contribution in [-0.4, -0.2) is 98.3 Å². The Morgan fingerprint density at radius 3 is 0.783 bits per heavy atom. The van der Waals surface area contributed by atoms with Crippen LogP contribution in [0.4, 0.5) is 39.5 Å². The predicted octanol–water partition coefficient (Wildman–Crippen LogP) is 4.66. The summed E-state index contributed by atoms with van der Waals surface area (Å²) >= 11 is 0. The zero-order chi connectivity index (χ0) is 45.6. The van der Waals surface area contributed by atoms with E-state index in [1.54, 1.807) is 6.07 Å². The van der Waals surface area contributed by atoms with Gasteiger partial charge in [-0.25, -0.2) is 25.3 Å². The number of rotatable bonds is 11. The molecule has 0 spiro atoms. The zero-order valence-corrected chi connectivity index (χ0v) is 36.6. The van der Waals surface area contributed by atoms with Gasteiger partial charge in [-0.15, -0.1) is 0 Å². The Morgan fingerprint density at radius 2 is 0.667 bits per heavy atom. The molecule has 0 aliphatic rings. The zero-order valence-electron chi connectivity index (χ0n) is 30.5. The molecule has 4 aromatic rings. The molecule has 328 valence electrons. The topological polar surface area (TPSA) is 253 Å². The molecule has 4 aromatic heterocycles. The van der Waals surface area contributed by atoms with Gasteiger partial charge >= 0.3 is 52.1 Å². The van der Waals surface area contributed by atoms with Gasteiger partial charge < -0.3 is 13.7 Å². The van der Waals surface area contributed by atoms with E-state index in [2.05, 4.69) is 54.0 Å². The van der Waals surface area contributed by atoms with Crippen LogP contribution in [0.1, 0.15) is 29.7 Å². The summed E-state index contributed by atoms with van der Waals surface area (Å²) in [5, 5.41) is 7.32. The molecule has 4 rings (SSSR count). The maximum atomic E-state index is 10.7. The normalized spacial score (nSPS) is 11.7. The van der Waals surface area contributed by atoms with E-state index in [9.17, 15) is 39.5 Å². The summed E-state index contributed by atoms with van der Waals surface area (Å²) in [6.07, 6.45) is 7.40. The smallest absolute Gasteiger partial charge is 0.741 e. The molecule has 0 aliphatic heterocycles. The van der Waals surface area contributed by atoms with E-state index in [0.717, 1.165) is 62.0 Å². The first kappa shape index (κ1) is 58.4. The van der Waals surface area contributed by atoms with Crippen LogP contribution in [0.3, 0.4) is 0 Å². The van der Waals surface area contributed by atoms with Crippen molar-refractivity contribution in [2.24, 2.45) is 0 Å². The Bertz CT molecular complexity index is 1890. The van der Waals surface area contributed by atoms with Gasteiger partial charge in [0.15, 0.2) is 30.4 Å². The predicted molar refractivity (Wildman–Crippen MR) is 184 cm³/mol. The first-order valence-electron chi connectivity index (χ1n) is 15.4.